The topological polar surface area (TPSA) is 81.2 Å². The van der Waals surface area contributed by atoms with Gasteiger partial charge in [0, 0.05) is 32.8 Å². The number of nitriles is 3. The van der Waals surface area contributed by atoms with E-state index in [-0.39, 0.29) is 0 Å². The molecule has 0 unspecified atom stereocenters. The van der Waals surface area contributed by atoms with Crippen molar-refractivity contribution in [3.05, 3.63) is 168 Å². The van der Waals surface area contributed by atoms with Gasteiger partial charge in [0.25, 0.3) is 0 Å². The van der Waals surface area contributed by atoms with Gasteiger partial charge in [0.2, 0.25) is 0 Å². The maximum atomic E-state index is 9.92. The van der Waals surface area contributed by atoms with Gasteiger partial charge < -0.3 is 9.13 Å². The van der Waals surface area contributed by atoms with Crippen molar-refractivity contribution in [1.82, 2.24) is 9.13 Å². The molecule has 0 radical (unpaired) electrons. The lowest BCUT2D eigenvalue weighted by molar-refractivity contribution is 1.18. The first-order chi connectivity index (χ1) is 24.6. The summed E-state index contributed by atoms with van der Waals surface area (Å²) in [6, 6.07) is 57.9. The van der Waals surface area contributed by atoms with Crippen LogP contribution in [0.25, 0.3) is 77.2 Å². The van der Waals surface area contributed by atoms with E-state index in [0.717, 1.165) is 77.2 Å². The molecule has 2 aromatic heterocycles. The summed E-state index contributed by atoms with van der Waals surface area (Å²) in [5.74, 6) is 0. The Morgan fingerprint density at radius 1 is 0.360 bits per heavy atom. The molecule has 0 N–H and O–H groups in total. The third-order valence-electron chi connectivity index (χ3n) is 9.60. The van der Waals surface area contributed by atoms with Gasteiger partial charge >= 0.3 is 0 Å². The van der Waals surface area contributed by atoms with E-state index in [0.29, 0.717) is 16.7 Å². The normalized spacial score (nSPS) is 11.1. The van der Waals surface area contributed by atoms with Crippen molar-refractivity contribution in [3.8, 4) is 51.8 Å². The molecule has 0 amide bonds. The molecular formula is C45H25N5. The molecule has 9 aromatic rings. The second kappa shape index (κ2) is 11.4. The number of nitrogens with zero attached hydrogens (tertiary/aromatic N) is 5. The molecule has 0 aliphatic carbocycles. The number of para-hydroxylation sites is 2. The predicted octanol–water partition coefficient (Wildman–Crippen LogP) is 10.8. The van der Waals surface area contributed by atoms with Crippen molar-refractivity contribution in [1.29, 1.82) is 15.8 Å². The van der Waals surface area contributed by atoms with Crippen LogP contribution < -0.4 is 0 Å². The summed E-state index contributed by atoms with van der Waals surface area (Å²) in [4.78, 5) is 0. The summed E-state index contributed by atoms with van der Waals surface area (Å²) >= 11 is 0. The lowest BCUT2D eigenvalue weighted by Crippen LogP contribution is -1.98. The van der Waals surface area contributed by atoms with E-state index in [4.69, 9.17) is 0 Å². The molecule has 0 bridgehead atoms. The predicted molar refractivity (Wildman–Crippen MR) is 200 cm³/mol. The molecule has 0 aliphatic heterocycles. The third-order valence-corrected chi connectivity index (χ3v) is 9.60. The Morgan fingerprint density at radius 3 is 1.52 bits per heavy atom. The first kappa shape index (κ1) is 28.8. The van der Waals surface area contributed by atoms with E-state index >= 15 is 0 Å². The van der Waals surface area contributed by atoms with Crippen LogP contribution in [0.15, 0.2) is 152 Å². The molecule has 0 saturated heterocycles. The van der Waals surface area contributed by atoms with E-state index in [1.165, 1.54) is 0 Å². The number of hydrogen-bond acceptors (Lipinski definition) is 3. The summed E-state index contributed by atoms with van der Waals surface area (Å²) < 4.78 is 4.48. The summed E-state index contributed by atoms with van der Waals surface area (Å²) in [5, 5.41) is 33.3. The van der Waals surface area contributed by atoms with E-state index in [1.54, 1.807) is 0 Å². The maximum Gasteiger partial charge on any atom is 0.0991 e. The van der Waals surface area contributed by atoms with Crippen LogP contribution >= 0.6 is 0 Å². The minimum absolute atomic E-state index is 0.583. The lowest BCUT2D eigenvalue weighted by atomic mass is 9.96. The number of benzene rings is 7. The van der Waals surface area contributed by atoms with Crippen molar-refractivity contribution >= 4 is 43.6 Å². The van der Waals surface area contributed by atoms with Gasteiger partial charge in [-0.2, -0.15) is 15.8 Å². The van der Waals surface area contributed by atoms with E-state index in [9.17, 15) is 15.8 Å². The zero-order chi connectivity index (χ0) is 33.8. The van der Waals surface area contributed by atoms with Crippen LogP contribution in [0.2, 0.25) is 0 Å². The van der Waals surface area contributed by atoms with Gasteiger partial charge in [0.05, 0.1) is 62.7 Å². The lowest BCUT2D eigenvalue weighted by Gasteiger charge is -2.15. The number of hydrogen-bond donors (Lipinski definition) is 0. The second-order valence-electron chi connectivity index (χ2n) is 12.4. The van der Waals surface area contributed by atoms with Crippen LogP contribution in [0.1, 0.15) is 16.7 Å². The molecule has 5 nitrogen and oxygen atoms in total. The summed E-state index contributed by atoms with van der Waals surface area (Å²) in [6.45, 7) is 0. The Labute approximate surface area is 287 Å². The van der Waals surface area contributed by atoms with Crippen molar-refractivity contribution in [3.63, 3.8) is 0 Å². The zero-order valence-corrected chi connectivity index (χ0v) is 26.7. The zero-order valence-electron chi connectivity index (χ0n) is 26.7. The fourth-order valence-corrected chi connectivity index (χ4v) is 7.32. The van der Waals surface area contributed by atoms with Gasteiger partial charge in [-0.1, -0.05) is 66.7 Å². The van der Waals surface area contributed by atoms with E-state index in [2.05, 4.69) is 100 Å². The number of fused-ring (bicyclic) bond motifs is 6. The fourth-order valence-electron chi connectivity index (χ4n) is 7.32. The average molecular weight is 636 g/mol. The maximum absolute atomic E-state index is 9.92. The van der Waals surface area contributed by atoms with E-state index < -0.39 is 0 Å². The molecule has 0 spiro atoms. The van der Waals surface area contributed by atoms with Crippen LogP contribution in [0.4, 0.5) is 0 Å². The molecule has 9 rings (SSSR count). The molecule has 0 atom stereocenters. The first-order valence-corrected chi connectivity index (χ1v) is 16.3. The quantitative estimate of drug-likeness (QED) is 0.193. The standard InChI is InChI=1S/C45H25N5/c46-26-29-12-19-43(50-42-11-4-2-9-37(42)40-24-31(28-48)14-21-45(40)50)38(22-29)34-7-5-6-33(25-34)32-15-17-35(18-16-32)49-41-10-3-1-8-36(41)39-23-30(27-47)13-20-44(39)49/h1-25H. The highest BCUT2D eigenvalue weighted by Crippen LogP contribution is 2.38. The van der Waals surface area contributed by atoms with Crippen molar-refractivity contribution in [2.45, 2.75) is 0 Å². The molecular weight excluding hydrogens is 611 g/mol. The summed E-state index contributed by atoms with van der Waals surface area (Å²) in [6.07, 6.45) is 0. The van der Waals surface area contributed by atoms with Crippen LogP contribution in [-0.2, 0) is 0 Å². The van der Waals surface area contributed by atoms with Crippen LogP contribution in [0.5, 0.6) is 0 Å². The Morgan fingerprint density at radius 2 is 0.880 bits per heavy atom. The number of rotatable bonds is 4. The summed E-state index contributed by atoms with van der Waals surface area (Å²) in [7, 11) is 0. The van der Waals surface area contributed by atoms with Crippen LogP contribution in [-0.4, -0.2) is 9.13 Å². The first-order valence-electron chi connectivity index (χ1n) is 16.3. The smallest absolute Gasteiger partial charge is 0.0991 e. The average Bonchev–Trinajstić information content (AvgIpc) is 3.69. The molecule has 0 aliphatic rings. The molecule has 0 saturated carbocycles. The monoisotopic (exact) mass is 635 g/mol. The van der Waals surface area contributed by atoms with Crippen molar-refractivity contribution in [2.24, 2.45) is 0 Å². The molecule has 2 heterocycles. The van der Waals surface area contributed by atoms with Gasteiger partial charge in [0.1, 0.15) is 0 Å². The molecule has 5 heteroatoms. The third kappa shape index (κ3) is 4.45. The highest BCUT2D eigenvalue weighted by molar-refractivity contribution is 6.11. The Hall–Kier alpha value is -7.39. The van der Waals surface area contributed by atoms with Crippen LogP contribution in [0, 0.1) is 34.0 Å². The van der Waals surface area contributed by atoms with Crippen molar-refractivity contribution < 1.29 is 0 Å². The Bertz CT molecular complexity index is 2960. The highest BCUT2D eigenvalue weighted by Gasteiger charge is 2.18. The summed E-state index contributed by atoms with van der Waals surface area (Å²) in [5.41, 5.74) is 12.1. The molecule has 50 heavy (non-hydrogen) atoms. The van der Waals surface area contributed by atoms with Gasteiger partial charge in [-0.25, -0.2) is 0 Å². The molecule has 7 aromatic carbocycles. The van der Waals surface area contributed by atoms with Crippen molar-refractivity contribution in [2.75, 3.05) is 0 Å². The van der Waals surface area contributed by atoms with Gasteiger partial charge in [-0.05, 0) is 102 Å². The minimum Gasteiger partial charge on any atom is -0.309 e. The Balaban J connectivity index is 1.17. The largest absolute Gasteiger partial charge is 0.309 e. The second-order valence-corrected chi connectivity index (χ2v) is 12.4. The highest BCUT2D eigenvalue weighted by atomic mass is 15.0. The van der Waals surface area contributed by atoms with Gasteiger partial charge in [-0.15, -0.1) is 0 Å². The SMILES string of the molecule is N#Cc1ccc(-n2c3ccccc3c3cc(C#N)ccc32)c(-c2cccc(-c3ccc(-n4c5ccccc5c5cc(C#N)ccc54)cc3)c2)c1. The number of aromatic nitrogens is 2. The van der Waals surface area contributed by atoms with Crippen LogP contribution in [0.3, 0.4) is 0 Å². The minimum atomic E-state index is 0.583. The Kier molecular flexibility index (Phi) is 6.56. The molecule has 230 valence electrons. The van der Waals surface area contributed by atoms with E-state index in [1.807, 2.05) is 78.9 Å². The molecule has 0 fully saturated rings. The fraction of sp³-hybridized carbons (Fsp3) is 0. The van der Waals surface area contributed by atoms with Gasteiger partial charge in [0.15, 0.2) is 0 Å². The van der Waals surface area contributed by atoms with Gasteiger partial charge in [-0.3, -0.25) is 0 Å².